The van der Waals surface area contributed by atoms with Crippen LogP contribution in [0.3, 0.4) is 0 Å². The second kappa shape index (κ2) is 8.98. The summed E-state index contributed by atoms with van der Waals surface area (Å²) in [5, 5.41) is 4.13. The molecule has 0 N–H and O–H groups in total. The molecule has 0 aliphatic carbocycles. The van der Waals surface area contributed by atoms with Gasteiger partial charge in [-0.3, -0.25) is 4.79 Å². The standard InChI is InChI=1S/C23H25N3O4/c1-28-19-11-9-16(10-12-19)22-24-23(30-25-22)18-7-5-13-26(15-18)21(27)14-17-6-3-4-8-20(17)29-2/h3-4,6,8-12,18H,5,7,13-15H2,1-2H3/t18-/m0/s1. The van der Waals surface area contributed by atoms with Gasteiger partial charge >= 0.3 is 0 Å². The number of ether oxygens (including phenoxy) is 2. The van der Waals surface area contributed by atoms with E-state index < -0.39 is 0 Å². The molecule has 1 aliphatic heterocycles. The summed E-state index contributed by atoms with van der Waals surface area (Å²) < 4.78 is 16.1. The number of hydrogen-bond donors (Lipinski definition) is 0. The Kier molecular flexibility index (Phi) is 5.97. The van der Waals surface area contributed by atoms with Gasteiger partial charge in [-0.05, 0) is 43.2 Å². The molecule has 7 heteroatoms. The summed E-state index contributed by atoms with van der Waals surface area (Å²) in [5.41, 5.74) is 1.76. The van der Waals surface area contributed by atoms with Crippen molar-refractivity contribution >= 4 is 5.91 Å². The summed E-state index contributed by atoms with van der Waals surface area (Å²) in [4.78, 5) is 19.4. The van der Waals surface area contributed by atoms with Crippen LogP contribution in [-0.2, 0) is 11.2 Å². The highest BCUT2D eigenvalue weighted by atomic mass is 16.5. The zero-order chi connectivity index (χ0) is 20.9. The van der Waals surface area contributed by atoms with Gasteiger partial charge in [0.15, 0.2) is 0 Å². The number of para-hydroxylation sites is 1. The lowest BCUT2D eigenvalue weighted by Gasteiger charge is -2.31. The Balaban J connectivity index is 1.43. The molecule has 4 rings (SSSR count). The van der Waals surface area contributed by atoms with E-state index in [0.717, 1.165) is 42.0 Å². The zero-order valence-electron chi connectivity index (χ0n) is 17.2. The van der Waals surface area contributed by atoms with Crippen LogP contribution in [0.15, 0.2) is 53.1 Å². The molecule has 30 heavy (non-hydrogen) atoms. The molecule has 1 aromatic heterocycles. The highest BCUT2D eigenvalue weighted by Gasteiger charge is 2.29. The molecule has 156 valence electrons. The van der Waals surface area contributed by atoms with Crippen molar-refractivity contribution in [1.29, 1.82) is 0 Å². The molecule has 2 aromatic carbocycles. The minimum absolute atomic E-state index is 0.0415. The normalized spacial score (nSPS) is 16.3. The number of rotatable bonds is 6. The van der Waals surface area contributed by atoms with E-state index in [4.69, 9.17) is 14.0 Å². The van der Waals surface area contributed by atoms with Crippen molar-refractivity contribution in [2.75, 3.05) is 27.3 Å². The first-order valence-electron chi connectivity index (χ1n) is 10.1. The topological polar surface area (TPSA) is 77.7 Å². The first-order valence-corrected chi connectivity index (χ1v) is 10.1. The predicted octanol–water partition coefficient (Wildman–Crippen LogP) is 3.70. The summed E-state index contributed by atoms with van der Waals surface area (Å²) in [6.45, 7) is 1.32. The molecule has 0 radical (unpaired) electrons. The number of amides is 1. The molecule has 7 nitrogen and oxygen atoms in total. The first-order chi connectivity index (χ1) is 14.7. The molecule has 3 aromatic rings. The summed E-state index contributed by atoms with van der Waals surface area (Å²) >= 11 is 0. The van der Waals surface area contributed by atoms with Crippen molar-refractivity contribution in [2.45, 2.75) is 25.2 Å². The van der Waals surface area contributed by atoms with Crippen LogP contribution in [0, 0.1) is 0 Å². The molecule has 1 amide bonds. The Morgan fingerprint density at radius 1 is 1.13 bits per heavy atom. The third-order valence-corrected chi connectivity index (χ3v) is 5.45. The Morgan fingerprint density at radius 3 is 2.70 bits per heavy atom. The number of methoxy groups -OCH3 is 2. The van der Waals surface area contributed by atoms with Crippen LogP contribution in [0.1, 0.15) is 30.2 Å². The first kappa shape index (κ1) is 19.9. The van der Waals surface area contributed by atoms with E-state index in [0.29, 0.717) is 24.7 Å². The van der Waals surface area contributed by atoms with E-state index in [-0.39, 0.29) is 11.8 Å². The fourth-order valence-electron chi connectivity index (χ4n) is 3.79. The number of aromatic nitrogens is 2. The number of piperidine rings is 1. The maximum Gasteiger partial charge on any atom is 0.231 e. The largest absolute Gasteiger partial charge is 0.497 e. The minimum Gasteiger partial charge on any atom is -0.497 e. The van der Waals surface area contributed by atoms with Gasteiger partial charge in [0.25, 0.3) is 0 Å². The Hall–Kier alpha value is -3.35. The van der Waals surface area contributed by atoms with Crippen LogP contribution in [0.5, 0.6) is 11.5 Å². The molecule has 1 atom stereocenters. The van der Waals surface area contributed by atoms with Crippen molar-refractivity contribution in [2.24, 2.45) is 0 Å². The van der Waals surface area contributed by atoms with Gasteiger partial charge < -0.3 is 18.9 Å². The van der Waals surface area contributed by atoms with Gasteiger partial charge in [-0.1, -0.05) is 23.4 Å². The summed E-state index contributed by atoms with van der Waals surface area (Å²) in [6, 6.07) is 15.2. The predicted molar refractivity (Wildman–Crippen MR) is 112 cm³/mol. The van der Waals surface area contributed by atoms with E-state index in [1.54, 1.807) is 14.2 Å². The van der Waals surface area contributed by atoms with Crippen molar-refractivity contribution < 1.29 is 18.8 Å². The van der Waals surface area contributed by atoms with Crippen LogP contribution >= 0.6 is 0 Å². The summed E-state index contributed by atoms with van der Waals surface area (Å²) in [5.74, 6) is 2.76. The van der Waals surface area contributed by atoms with Gasteiger partial charge in [0.2, 0.25) is 17.6 Å². The fraction of sp³-hybridized carbons (Fsp3) is 0.348. The van der Waals surface area contributed by atoms with Crippen LogP contribution in [0.2, 0.25) is 0 Å². The SMILES string of the molecule is COc1ccc(-c2noc([C@H]3CCCN(C(=O)Cc4ccccc4OC)C3)n2)cc1. The summed E-state index contributed by atoms with van der Waals surface area (Å²) in [7, 11) is 3.25. The van der Waals surface area contributed by atoms with Crippen LogP contribution < -0.4 is 9.47 Å². The molecule has 0 saturated carbocycles. The van der Waals surface area contributed by atoms with E-state index in [9.17, 15) is 4.79 Å². The van der Waals surface area contributed by atoms with E-state index in [2.05, 4.69) is 10.1 Å². The summed E-state index contributed by atoms with van der Waals surface area (Å²) in [6.07, 6.45) is 2.14. The van der Waals surface area contributed by atoms with Crippen LogP contribution in [-0.4, -0.2) is 48.3 Å². The van der Waals surface area contributed by atoms with Gasteiger partial charge in [-0.25, -0.2) is 0 Å². The molecule has 0 spiro atoms. The Bertz CT molecular complexity index is 1000. The highest BCUT2D eigenvalue weighted by molar-refractivity contribution is 5.79. The van der Waals surface area contributed by atoms with E-state index in [1.165, 1.54) is 0 Å². The smallest absolute Gasteiger partial charge is 0.231 e. The van der Waals surface area contributed by atoms with Crippen molar-refractivity contribution in [3.8, 4) is 22.9 Å². The Morgan fingerprint density at radius 2 is 1.93 bits per heavy atom. The van der Waals surface area contributed by atoms with Gasteiger partial charge in [-0.15, -0.1) is 0 Å². The molecule has 0 bridgehead atoms. The number of likely N-dealkylation sites (tertiary alicyclic amines) is 1. The second-order valence-electron chi connectivity index (χ2n) is 7.35. The highest BCUT2D eigenvalue weighted by Crippen LogP contribution is 2.29. The van der Waals surface area contributed by atoms with Gasteiger partial charge in [0, 0.05) is 24.2 Å². The van der Waals surface area contributed by atoms with Crippen molar-refractivity contribution in [1.82, 2.24) is 15.0 Å². The van der Waals surface area contributed by atoms with E-state index >= 15 is 0 Å². The van der Waals surface area contributed by atoms with Gasteiger partial charge in [0.05, 0.1) is 26.6 Å². The third-order valence-electron chi connectivity index (χ3n) is 5.45. The average molecular weight is 407 g/mol. The zero-order valence-corrected chi connectivity index (χ0v) is 17.2. The number of nitrogens with zero attached hydrogens (tertiary/aromatic N) is 3. The molecule has 1 fully saturated rings. The molecular formula is C23H25N3O4. The molecule has 1 saturated heterocycles. The van der Waals surface area contributed by atoms with Gasteiger partial charge in [0.1, 0.15) is 11.5 Å². The number of benzene rings is 2. The second-order valence-corrected chi connectivity index (χ2v) is 7.35. The molecule has 2 heterocycles. The van der Waals surface area contributed by atoms with Gasteiger partial charge in [-0.2, -0.15) is 4.98 Å². The lowest BCUT2D eigenvalue weighted by atomic mass is 9.97. The number of carbonyl (C=O) groups excluding carboxylic acids is 1. The molecule has 1 aliphatic rings. The average Bonchev–Trinajstić information content (AvgIpc) is 3.30. The van der Waals surface area contributed by atoms with Crippen molar-refractivity contribution in [3.05, 3.63) is 60.0 Å². The maximum absolute atomic E-state index is 12.9. The fourth-order valence-corrected chi connectivity index (χ4v) is 3.79. The monoisotopic (exact) mass is 407 g/mol. The van der Waals surface area contributed by atoms with Crippen LogP contribution in [0.4, 0.5) is 0 Å². The number of hydrogen-bond acceptors (Lipinski definition) is 6. The van der Waals surface area contributed by atoms with Crippen molar-refractivity contribution in [3.63, 3.8) is 0 Å². The molecule has 0 unspecified atom stereocenters. The maximum atomic E-state index is 12.9. The molecular weight excluding hydrogens is 382 g/mol. The minimum atomic E-state index is 0.0415. The quantitative estimate of drug-likeness (QED) is 0.620. The lowest BCUT2D eigenvalue weighted by Crippen LogP contribution is -2.40. The lowest BCUT2D eigenvalue weighted by molar-refractivity contribution is -0.131. The van der Waals surface area contributed by atoms with Crippen LogP contribution in [0.25, 0.3) is 11.4 Å². The Labute approximate surface area is 175 Å². The third kappa shape index (κ3) is 4.30. The number of carbonyl (C=O) groups is 1. The van der Waals surface area contributed by atoms with E-state index in [1.807, 2.05) is 53.4 Å².